The zero-order valence-electron chi connectivity index (χ0n) is 46.4. The van der Waals surface area contributed by atoms with Crippen LogP contribution < -0.4 is 11.1 Å². The van der Waals surface area contributed by atoms with Gasteiger partial charge in [-0.05, 0) is 106 Å². The Morgan fingerprint density at radius 3 is 1.60 bits per heavy atom. The van der Waals surface area contributed by atoms with Crippen LogP contribution in [-0.4, -0.2) is 138 Å². The van der Waals surface area contributed by atoms with E-state index in [0.717, 1.165) is 128 Å². The molecule has 4 atom stereocenters. The Morgan fingerprint density at radius 1 is 0.610 bits per heavy atom. The van der Waals surface area contributed by atoms with E-state index in [2.05, 4.69) is 77.3 Å². The molecule has 2 saturated carbocycles. The summed E-state index contributed by atoms with van der Waals surface area (Å²) < 4.78 is 11.0. The van der Waals surface area contributed by atoms with E-state index in [1.165, 1.54) is 30.2 Å². The number of piperazine rings is 2. The fourth-order valence-electron chi connectivity index (χ4n) is 11.5. The summed E-state index contributed by atoms with van der Waals surface area (Å²) in [5.41, 5.74) is 15.9. The number of fused-ring (bicyclic) bond motifs is 2. The highest BCUT2D eigenvalue weighted by molar-refractivity contribution is 6.34. The van der Waals surface area contributed by atoms with Gasteiger partial charge in [0.1, 0.15) is 13.2 Å². The number of aromatic nitrogens is 6. The summed E-state index contributed by atoms with van der Waals surface area (Å²) in [5, 5.41) is 6.99. The van der Waals surface area contributed by atoms with E-state index >= 15 is 0 Å². The molecule has 5 N–H and O–H groups in total. The number of aromatic amines is 2. The first kappa shape index (κ1) is 60.1. The van der Waals surface area contributed by atoms with Gasteiger partial charge in [-0.15, -0.1) is 12.4 Å². The summed E-state index contributed by atoms with van der Waals surface area (Å²) in [5.74, 6) is 0.609. The van der Waals surface area contributed by atoms with Gasteiger partial charge in [0.15, 0.2) is 0 Å². The fourth-order valence-corrected chi connectivity index (χ4v) is 12.0. The molecule has 8 aromatic rings. The van der Waals surface area contributed by atoms with E-state index in [-0.39, 0.29) is 35.9 Å². The number of nitrogens with one attached hydrogen (secondary N) is 3. The lowest BCUT2D eigenvalue weighted by Gasteiger charge is -2.42. The quantitative estimate of drug-likeness (QED) is 0.0951. The van der Waals surface area contributed by atoms with Crippen molar-refractivity contribution in [3.63, 3.8) is 0 Å². The first-order valence-electron chi connectivity index (χ1n) is 28.2. The zero-order valence-corrected chi connectivity index (χ0v) is 49.5. The van der Waals surface area contributed by atoms with Crippen molar-refractivity contribution in [3.8, 4) is 22.5 Å². The second kappa shape index (κ2) is 28.7. The second-order valence-corrected chi connectivity index (χ2v) is 22.7. The molecule has 6 heterocycles. The molecule has 0 bridgehead atoms. The molecule has 2 saturated heterocycles. The molecule has 4 aromatic heterocycles. The summed E-state index contributed by atoms with van der Waals surface area (Å²) >= 11 is 18.5. The van der Waals surface area contributed by atoms with Gasteiger partial charge in [-0.3, -0.25) is 9.80 Å². The Kier molecular flexibility index (Phi) is 21.0. The van der Waals surface area contributed by atoms with Crippen molar-refractivity contribution in [2.45, 2.75) is 103 Å². The van der Waals surface area contributed by atoms with Gasteiger partial charge in [0.05, 0.1) is 33.8 Å². The Morgan fingerprint density at radius 2 is 1.09 bits per heavy atom. The van der Waals surface area contributed by atoms with Crippen molar-refractivity contribution in [1.29, 1.82) is 0 Å². The van der Waals surface area contributed by atoms with Gasteiger partial charge < -0.3 is 40.3 Å². The molecular formula is C62H72Cl4N12O4. The van der Waals surface area contributed by atoms with Crippen LogP contribution in [0.4, 0.5) is 15.5 Å². The fraction of sp³-hybridized carbons (Fsp3) is 0.387. The van der Waals surface area contributed by atoms with Gasteiger partial charge in [0, 0.05) is 122 Å². The van der Waals surface area contributed by atoms with E-state index in [0.29, 0.717) is 66.1 Å². The zero-order chi connectivity index (χ0) is 56.2. The smallest absolute Gasteiger partial charge is 0.410 e. The van der Waals surface area contributed by atoms with Gasteiger partial charge >= 0.3 is 12.2 Å². The van der Waals surface area contributed by atoms with Crippen LogP contribution in [0.5, 0.6) is 0 Å². The number of aryl methyl sites for hydroxylation is 2. The third kappa shape index (κ3) is 15.6. The summed E-state index contributed by atoms with van der Waals surface area (Å²) in [4.78, 5) is 57.4. The van der Waals surface area contributed by atoms with Crippen molar-refractivity contribution in [2.75, 3.05) is 57.7 Å². The average Bonchev–Trinajstić information content (AvgIpc) is 4.35. The topological polar surface area (TPSA) is 187 Å². The molecule has 16 nitrogen and oxygen atoms in total. The van der Waals surface area contributed by atoms with Gasteiger partial charge in [-0.2, -0.15) is 0 Å². The largest absolute Gasteiger partial charge is 0.445 e. The van der Waals surface area contributed by atoms with Gasteiger partial charge in [0.2, 0.25) is 11.2 Å². The van der Waals surface area contributed by atoms with Crippen LogP contribution in [0.1, 0.15) is 73.6 Å². The molecule has 4 aromatic carbocycles. The maximum atomic E-state index is 12.6. The Hall–Kier alpha value is -6.50. The molecule has 12 rings (SSSR count). The summed E-state index contributed by atoms with van der Waals surface area (Å²) in [6, 6.07) is 33.8. The number of hydrogen-bond acceptors (Lipinski definition) is 12. The minimum absolute atomic E-state index is 0. The maximum absolute atomic E-state index is 12.6. The summed E-state index contributed by atoms with van der Waals surface area (Å²) in [7, 11) is 0. The minimum Gasteiger partial charge on any atom is -0.445 e. The number of nitrogens with two attached hydrogens (primary N) is 1. The maximum Gasteiger partial charge on any atom is 0.410 e. The molecule has 0 radical (unpaired) electrons. The summed E-state index contributed by atoms with van der Waals surface area (Å²) in [6.07, 6.45) is 15.8. The van der Waals surface area contributed by atoms with Gasteiger partial charge in [0.25, 0.3) is 0 Å². The van der Waals surface area contributed by atoms with Gasteiger partial charge in [-0.1, -0.05) is 114 Å². The van der Waals surface area contributed by atoms with Crippen molar-refractivity contribution in [2.24, 2.45) is 5.73 Å². The third-order valence-electron chi connectivity index (χ3n) is 15.9. The highest BCUT2D eigenvalue weighted by Crippen LogP contribution is 2.35. The van der Waals surface area contributed by atoms with Crippen LogP contribution in [0, 0.1) is 13.8 Å². The monoisotopic (exact) mass is 1190 g/mol. The summed E-state index contributed by atoms with van der Waals surface area (Å²) in [6.45, 7) is 11.2. The number of anilines is 1. The van der Waals surface area contributed by atoms with E-state index < -0.39 is 0 Å². The van der Waals surface area contributed by atoms with Crippen LogP contribution >= 0.6 is 47.2 Å². The lowest BCUT2D eigenvalue weighted by atomic mass is 9.89. The van der Waals surface area contributed by atoms with Crippen molar-refractivity contribution in [3.05, 3.63) is 159 Å². The van der Waals surface area contributed by atoms with Crippen molar-refractivity contribution >= 4 is 87.2 Å². The number of amides is 2. The molecule has 20 heteroatoms. The van der Waals surface area contributed by atoms with E-state index in [1.807, 2.05) is 95.8 Å². The molecule has 432 valence electrons. The van der Waals surface area contributed by atoms with Crippen LogP contribution in [0.2, 0.25) is 15.3 Å². The number of H-pyrrole nitrogens is 2. The highest BCUT2D eigenvalue weighted by Gasteiger charge is 2.32. The number of benzene rings is 4. The Balaban J connectivity index is 0.000000163. The van der Waals surface area contributed by atoms with Crippen LogP contribution in [0.25, 0.3) is 44.3 Å². The lowest BCUT2D eigenvalue weighted by Crippen LogP contribution is -2.53. The number of carbonyl (C=O) groups is 2. The van der Waals surface area contributed by atoms with E-state index in [4.69, 9.17) is 55.0 Å². The molecule has 2 aliphatic carbocycles. The predicted molar refractivity (Wildman–Crippen MR) is 330 cm³/mol. The van der Waals surface area contributed by atoms with Crippen LogP contribution in [-0.2, 0) is 22.7 Å². The van der Waals surface area contributed by atoms with Crippen LogP contribution in [0.15, 0.2) is 122 Å². The number of halogens is 4. The number of carbonyl (C=O) groups excluding carboxylic acids is 2. The molecule has 4 fully saturated rings. The normalized spacial score (nSPS) is 19.5. The third-order valence-corrected chi connectivity index (χ3v) is 16.6. The Bertz CT molecular complexity index is 3370. The molecular weight excluding hydrogens is 1120 g/mol. The Labute approximate surface area is 500 Å². The lowest BCUT2D eigenvalue weighted by molar-refractivity contribution is 0.0510. The molecule has 0 unspecified atom stereocenters. The SMILES string of the molecule is Cc1ccc2[nH]cc(-c3nc(Cl)ncc3Cl)c2c1.Cc1ccc2[nH]cc(-c3nc(N[C@@H]4CCC[C@H](N5CCN(C(=O)OCc6ccccc6)CC5)C4)ncc3Cl)c2c1.Cl.N[C@@H]1CCC[C@H](N2CCN(C(=O)OCc3ccccc3)CC2)C1. The highest BCUT2D eigenvalue weighted by atomic mass is 35.5. The molecule has 0 spiro atoms. The molecule has 2 aliphatic heterocycles. The average molecular weight is 1190 g/mol. The molecule has 2 amide bonds. The molecule has 82 heavy (non-hydrogen) atoms. The molecule has 4 aliphatic rings. The first-order chi connectivity index (χ1) is 39.4. The first-order valence-corrected chi connectivity index (χ1v) is 29.3. The van der Waals surface area contributed by atoms with Gasteiger partial charge in [-0.25, -0.2) is 29.5 Å². The van der Waals surface area contributed by atoms with Crippen LogP contribution in [0.3, 0.4) is 0 Å². The number of rotatable bonds is 10. The second-order valence-electron chi connectivity index (χ2n) is 21.6. The van der Waals surface area contributed by atoms with Crippen molar-refractivity contribution in [1.82, 2.24) is 49.5 Å². The number of nitrogens with zero attached hydrogens (tertiary/aromatic N) is 8. The van der Waals surface area contributed by atoms with Crippen molar-refractivity contribution < 1.29 is 19.1 Å². The van der Waals surface area contributed by atoms with E-state index in [9.17, 15) is 9.59 Å². The predicted octanol–water partition coefficient (Wildman–Crippen LogP) is 13.1. The minimum atomic E-state index is -0.229. The standard InChI is InChI=1S/C31H35ClN6O2.C18H27N3O2.C13H9Cl2N3.ClH/c1-21-10-11-28-25(16-21)26(18-33-28)29-27(32)19-34-30(36-29)35-23-8-5-9-24(17-23)37-12-14-38(15-13-37)31(39)40-20-22-6-3-2-4-7-22;19-16-7-4-8-17(13-16)20-9-11-21(12-10-20)18(22)23-14-15-5-2-1-3-6-15;1-7-2-3-11-8(4-7)9(5-16-11)12-10(14)6-17-13(15)18-12;/h2-4,6-7,10-11,16,18-19,23-24,33H,5,8-9,12-15,17,20H2,1H3,(H,34,35,36);1-3,5-6,16-17H,4,7-14,19H2;2-6,16H,1H3;1H/t23-,24+;16-,17+;;/m11../s1. The van der Waals surface area contributed by atoms with E-state index in [1.54, 1.807) is 6.20 Å². The number of hydrogen-bond donors (Lipinski definition) is 4. The number of ether oxygens (including phenoxy) is 2.